The number of ether oxygens (including phenoxy) is 3. The summed E-state index contributed by atoms with van der Waals surface area (Å²) in [6.07, 6.45) is -1.70. The van der Waals surface area contributed by atoms with Crippen LogP contribution in [0.2, 0.25) is 0 Å². The van der Waals surface area contributed by atoms with Crippen molar-refractivity contribution in [3.05, 3.63) is 0 Å². The number of carboxylic acid groups (broad SMARTS) is 1. The monoisotopic (exact) mass is 537 g/mol. The topological polar surface area (TPSA) is 173 Å². The number of carbonyl (C=O) groups is 4. The minimum absolute atomic E-state index is 0.123. The summed E-state index contributed by atoms with van der Waals surface area (Å²) in [6.45, 7) is 15.6. The van der Waals surface area contributed by atoms with Crippen LogP contribution < -0.4 is 16.0 Å². The molecule has 0 radical (unpaired) electrons. The van der Waals surface area contributed by atoms with Gasteiger partial charge in [-0.05, 0) is 86.9 Å². The van der Waals surface area contributed by atoms with Crippen LogP contribution in [0.25, 0.3) is 0 Å². The number of aliphatic hydroxyl groups excluding tert-OH is 1. The maximum atomic E-state index is 12.9. The van der Waals surface area contributed by atoms with Crippen molar-refractivity contribution in [3.8, 4) is 0 Å². The van der Waals surface area contributed by atoms with Gasteiger partial charge in [0.05, 0.1) is 11.6 Å². The quantitative estimate of drug-likeness (QED) is 0.141. The van der Waals surface area contributed by atoms with Gasteiger partial charge < -0.3 is 35.1 Å². The van der Waals surface area contributed by atoms with Crippen LogP contribution in [0.15, 0.2) is 0 Å². The number of amides is 2. The lowest BCUT2D eigenvalue weighted by Crippen LogP contribution is -2.54. The van der Waals surface area contributed by atoms with E-state index in [0.29, 0.717) is 18.2 Å². The highest BCUT2D eigenvalue weighted by atomic mass is 32.2. The summed E-state index contributed by atoms with van der Waals surface area (Å²) in [5.74, 6) is -2.32. The number of alkyl carbamates (subject to hydrolysis) is 1. The van der Waals surface area contributed by atoms with Gasteiger partial charge in [-0.2, -0.15) is 0 Å². The fourth-order valence-electron chi connectivity index (χ4n) is 2.52. The average Bonchev–Trinajstić information content (AvgIpc) is 2.62. The third-order valence-electron chi connectivity index (χ3n) is 3.84. The number of hydrogen-bond donors (Lipinski definition) is 5. The number of carboxylic acids is 1. The van der Waals surface area contributed by atoms with Crippen molar-refractivity contribution in [2.45, 2.75) is 110 Å². The lowest BCUT2D eigenvalue weighted by Gasteiger charge is -2.28. The molecular formula is C23H43N3O9S. The van der Waals surface area contributed by atoms with E-state index in [-0.39, 0.29) is 18.7 Å². The molecule has 0 aromatic heterocycles. The smallest absolute Gasteiger partial charge is 0.407 e. The summed E-state index contributed by atoms with van der Waals surface area (Å²) in [5.41, 5.74) is -2.12. The van der Waals surface area contributed by atoms with E-state index in [2.05, 4.69) is 16.0 Å². The van der Waals surface area contributed by atoms with E-state index in [1.54, 1.807) is 62.3 Å². The molecular weight excluding hydrogens is 494 g/mol. The molecule has 0 spiro atoms. The predicted octanol–water partition coefficient (Wildman–Crippen LogP) is 2.58. The number of carbonyl (C=O) groups excluding carboxylic acids is 3. The molecule has 12 nitrogen and oxygen atoms in total. The van der Waals surface area contributed by atoms with Gasteiger partial charge in [-0.1, -0.05) is 0 Å². The van der Waals surface area contributed by atoms with E-state index < -0.39 is 58.6 Å². The van der Waals surface area contributed by atoms with Crippen molar-refractivity contribution in [2.75, 3.05) is 12.3 Å². The van der Waals surface area contributed by atoms with Gasteiger partial charge in [0.25, 0.3) is 0 Å². The molecule has 0 aromatic carbocycles. The number of nitrogens with one attached hydrogen (secondary N) is 3. The standard InChI is InChI=1S/C23H43N3O9S/c1-21(2,3)33-18(30)24-12-10-11-14(26-19(31)34-22(4,5)6)16(27)25-15(17(28)29)13-36-20(32)35-23(7,8)9/h14-15,19,26,31H,10-13H2,1-9H3,(H,24,30)(H,25,27)(H,28,29). The molecule has 0 aromatic rings. The maximum Gasteiger partial charge on any atom is 0.407 e. The fourth-order valence-corrected chi connectivity index (χ4v) is 3.36. The molecule has 3 unspecified atom stereocenters. The Morgan fingerprint density at radius 1 is 0.861 bits per heavy atom. The molecule has 0 aliphatic carbocycles. The average molecular weight is 538 g/mol. The summed E-state index contributed by atoms with van der Waals surface area (Å²) in [7, 11) is 0. The number of hydrogen-bond acceptors (Lipinski definition) is 10. The Kier molecular flexibility index (Phi) is 13.8. The first-order valence-corrected chi connectivity index (χ1v) is 12.6. The van der Waals surface area contributed by atoms with Crippen molar-refractivity contribution < 1.29 is 43.6 Å². The minimum atomic E-state index is -1.51. The summed E-state index contributed by atoms with van der Waals surface area (Å²) in [4.78, 5) is 48.3. The maximum absolute atomic E-state index is 12.9. The Morgan fingerprint density at radius 2 is 1.42 bits per heavy atom. The fraction of sp³-hybridized carbons (Fsp3) is 0.826. The van der Waals surface area contributed by atoms with E-state index in [1.807, 2.05) is 0 Å². The van der Waals surface area contributed by atoms with Crippen LogP contribution in [0.4, 0.5) is 9.59 Å². The van der Waals surface area contributed by atoms with Gasteiger partial charge in [-0.15, -0.1) is 0 Å². The van der Waals surface area contributed by atoms with Gasteiger partial charge in [-0.25, -0.2) is 14.4 Å². The SMILES string of the molecule is CC(C)(C)OC(=O)NCCCC(NC(O)OC(C)(C)C)C(=O)NC(CSC(=O)OC(C)(C)C)C(=O)O. The molecule has 2 amide bonds. The zero-order valence-corrected chi connectivity index (χ0v) is 23.5. The number of rotatable bonds is 12. The van der Waals surface area contributed by atoms with Crippen LogP contribution in [0.3, 0.4) is 0 Å². The summed E-state index contributed by atoms with van der Waals surface area (Å²) in [5, 5.41) is 26.6. The molecule has 3 atom stereocenters. The van der Waals surface area contributed by atoms with Crippen molar-refractivity contribution >= 4 is 35.0 Å². The Bertz CT molecular complexity index is 743. The molecule has 0 bridgehead atoms. The number of thioether (sulfide) groups is 1. The molecule has 36 heavy (non-hydrogen) atoms. The second kappa shape index (κ2) is 14.6. The van der Waals surface area contributed by atoms with Crippen molar-refractivity contribution in [1.29, 1.82) is 0 Å². The summed E-state index contributed by atoms with van der Waals surface area (Å²) in [6, 6.07) is -2.45. The van der Waals surface area contributed by atoms with Gasteiger partial charge in [0.1, 0.15) is 17.2 Å². The van der Waals surface area contributed by atoms with Crippen LogP contribution in [0.1, 0.15) is 75.2 Å². The zero-order valence-electron chi connectivity index (χ0n) is 22.7. The Balaban J connectivity index is 5.16. The van der Waals surface area contributed by atoms with E-state index in [1.165, 1.54) is 0 Å². The van der Waals surface area contributed by atoms with E-state index in [0.717, 1.165) is 0 Å². The van der Waals surface area contributed by atoms with Crippen LogP contribution in [-0.2, 0) is 23.8 Å². The van der Waals surface area contributed by atoms with E-state index in [4.69, 9.17) is 14.2 Å². The van der Waals surface area contributed by atoms with Gasteiger partial charge in [0.15, 0.2) is 0 Å². The number of aliphatic hydroxyl groups is 1. The summed E-state index contributed by atoms with van der Waals surface area (Å²) >= 11 is 0.632. The highest BCUT2D eigenvalue weighted by Crippen LogP contribution is 2.16. The first-order valence-electron chi connectivity index (χ1n) is 11.7. The third kappa shape index (κ3) is 18.2. The van der Waals surface area contributed by atoms with Gasteiger partial charge in [-0.3, -0.25) is 10.1 Å². The van der Waals surface area contributed by atoms with Crippen molar-refractivity contribution in [3.63, 3.8) is 0 Å². The second-order valence-corrected chi connectivity index (χ2v) is 12.0. The normalized spacial score (nSPS) is 14.8. The van der Waals surface area contributed by atoms with Crippen LogP contribution >= 0.6 is 11.8 Å². The molecule has 0 aliphatic rings. The highest BCUT2D eigenvalue weighted by Gasteiger charge is 2.29. The Morgan fingerprint density at radius 3 is 1.89 bits per heavy atom. The Labute approximate surface area is 217 Å². The van der Waals surface area contributed by atoms with Crippen LogP contribution in [0, 0.1) is 0 Å². The van der Waals surface area contributed by atoms with Gasteiger partial charge in [0.2, 0.25) is 12.3 Å². The zero-order chi connectivity index (χ0) is 28.3. The minimum Gasteiger partial charge on any atom is -0.480 e. The lowest BCUT2D eigenvalue weighted by molar-refractivity contribution is -0.187. The molecule has 0 saturated carbocycles. The van der Waals surface area contributed by atoms with E-state index in [9.17, 15) is 29.4 Å². The van der Waals surface area contributed by atoms with Gasteiger partial charge >= 0.3 is 17.4 Å². The molecule has 0 heterocycles. The van der Waals surface area contributed by atoms with Crippen molar-refractivity contribution in [2.24, 2.45) is 0 Å². The van der Waals surface area contributed by atoms with Crippen LogP contribution in [0.5, 0.6) is 0 Å². The largest absolute Gasteiger partial charge is 0.480 e. The highest BCUT2D eigenvalue weighted by molar-refractivity contribution is 8.13. The molecule has 0 aliphatic heterocycles. The second-order valence-electron chi connectivity index (χ2n) is 11.0. The first-order chi connectivity index (χ1) is 16.2. The molecule has 0 saturated heterocycles. The predicted molar refractivity (Wildman–Crippen MR) is 135 cm³/mol. The van der Waals surface area contributed by atoms with E-state index >= 15 is 0 Å². The third-order valence-corrected chi connectivity index (χ3v) is 4.65. The Hall–Kier alpha value is -2.09. The molecule has 13 heteroatoms. The molecule has 0 fully saturated rings. The first kappa shape index (κ1) is 33.9. The number of aliphatic carboxylic acids is 1. The summed E-state index contributed by atoms with van der Waals surface area (Å²) < 4.78 is 15.7. The van der Waals surface area contributed by atoms with Gasteiger partial charge in [0, 0.05) is 12.3 Å². The molecule has 210 valence electrons. The van der Waals surface area contributed by atoms with Crippen LogP contribution in [-0.4, -0.2) is 81.1 Å². The molecule has 0 rings (SSSR count). The lowest BCUT2D eigenvalue weighted by atomic mass is 10.1. The van der Waals surface area contributed by atoms with Crippen molar-refractivity contribution in [1.82, 2.24) is 16.0 Å². The molecule has 5 N–H and O–H groups in total.